The van der Waals surface area contributed by atoms with E-state index in [1.807, 2.05) is 6.07 Å². The van der Waals surface area contributed by atoms with Crippen LogP contribution in [-0.2, 0) is 0 Å². The van der Waals surface area contributed by atoms with E-state index in [9.17, 15) is 4.39 Å². The highest BCUT2D eigenvalue weighted by Crippen LogP contribution is 2.36. The standard InChI is InChI=1S/C20H28FNO/c1-2-3-7-16-8-4-5-9-17(16)10-6-13-23-19-12-11-18(15-22)20(21)14-19/h11-12,14,16-17H,2-10,13H2,1H3. The smallest absolute Gasteiger partial charge is 0.144 e. The molecule has 3 heteroatoms. The molecular weight excluding hydrogens is 289 g/mol. The van der Waals surface area contributed by atoms with Gasteiger partial charge in [0.15, 0.2) is 0 Å². The zero-order chi connectivity index (χ0) is 16.5. The third-order valence-electron chi connectivity index (χ3n) is 5.04. The molecule has 2 unspecified atom stereocenters. The molecule has 23 heavy (non-hydrogen) atoms. The molecule has 0 spiro atoms. The van der Waals surface area contributed by atoms with Gasteiger partial charge in [-0.3, -0.25) is 0 Å². The van der Waals surface area contributed by atoms with Crippen molar-refractivity contribution in [2.24, 2.45) is 11.8 Å². The fraction of sp³-hybridized carbons (Fsp3) is 0.650. The van der Waals surface area contributed by atoms with Crippen molar-refractivity contribution in [2.45, 2.75) is 64.7 Å². The van der Waals surface area contributed by atoms with E-state index in [2.05, 4.69) is 6.92 Å². The zero-order valence-electron chi connectivity index (χ0n) is 14.2. The summed E-state index contributed by atoms with van der Waals surface area (Å²) in [5.41, 5.74) is 0.0679. The van der Waals surface area contributed by atoms with Gasteiger partial charge >= 0.3 is 0 Å². The molecule has 0 N–H and O–H groups in total. The first kappa shape index (κ1) is 17.8. The van der Waals surface area contributed by atoms with Crippen molar-refractivity contribution < 1.29 is 9.13 Å². The Labute approximate surface area is 139 Å². The Kier molecular flexibility index (Phi) is 7.39. The maximum Gasteiger partial charge on any atom is 0.144 e. The summed E-state index contributed by atoms with van der Waals surface area (Å²) in [6.07, 6.45) is 11.8. The van der Waals surface area contributed by atoms with E-state index in [1.54, 1.807) is 6.07 Å². The average Bonchev–Trinajstić information content (AvgIpc) is 2.58. The maximum absolute atomic E-state index is 13.5. The second kappa shape index (κ2) is 9.55. The molecule has 0 bridgehead atoms. The van der Waals surface area contributed by atoms with E-state index < -0.39 is 5.82 Å². The summed E-state index contributed by atoms with van der Waals surface area (Å²) in [7, 11) is 0. The van der Waals surface area contributed by atoms with Crippen LogP contribution in [0.2, 0.25) is 0 Å². The summed E-state index contributed by atoms with van der Waals surface area (Å²) >= 11 is 0. The molecule has 1 aliphatic carbocycles. The lowest BCUT2D eigenvalue weighted by Crippen LogP contribution is -2.20. The second-order valence-electron chi connectivity index (χ2n) is 6.69. The number of nitrogens with zero attached hydrogens (tertiary/aromatic N) is 1. The van der Waals surface area contributed by atoms with E-state index in [4.69, 9.17) is 10.00 Å². The van der Waals surface area contributed by atoms with Crippen LogP contribution in [0.5, 0.6) is 5.75 Å². The van der Waals surface area contributed by atoms with Crippen molar-refractivity contribution in [3.63, 3.8) is 0 Å². The number of ether oxygens (including phenoxy) is 1. The first-order valence-electron chi connectivity index (χ1n) is 9.07. The van der Waals surface area contributed by atoms with Crippen LogP contribution in [0.3, 0.4) is 0 Å². The minimum atomic E-state index is -0.503. The van der Waals surface area contributed by atoms with E-state index >= 15 is 0 Å². The molecule has 0 radical (unpaired) electrons. The molecule has 0 heterocycles. The monoisotopic (exact) mass is 317 g/mol. The van der Waals surface area contributed by atoms with Crippen molar-refractivity contribution >= 4 is 0 Å². The van der Waals surface area contributed by atoms with Crippen molar-refractivity contribution in [1.82, 2.24) is 0 Å². The highest BCUT2D eigenvalue weighted by molar-refractivity contribution is 5.36. The number of hydrogen-bond donors (Lipinski definition) is 0. The van der Waals surface area contributed by atoms with Gasteiger partial charge in [0.25, 0.3) is 0 Å². The van der Waals surface area contributed by atoms with Crippen LogP contribution in [0.4, 0.5) is 4.39 Å². The molecule has 0 amide bonds. The van der Waals surface area contributed by atoms with Crippen LogP contribution in [0.25, 0.3) is 0 Å². The van der Waals surface area contributed by atoms with Gasteiger partial charge in [0.05, 0.1) is 12.2 Å². The second-order valence-corrected chi connectivity index (χ2v) is 6.69. The molecule has 1 aromatic carbocycles. The number of unbranched alkanes of at least 4 members (excludes halogenated alkanes) is 1. The Morgan fingerprint density at radius 3 is 2.48 bits per heavy atom. The summed E-state index contributed by atoms with van der Waals surface area (Å²) in [4.78, 5) is 0. The van der Waals surface area contributed by atoms with Gasteiger partial charge in [0, 0.05) is 6.07 Å². The van der Waals surface area contributed by atoms with Gasteiger partial charge in [-0.25, -0.2) is 4.39 Å². The number of rotatable bonds is 8. The fourth-order valence-electron chi connectivity index (χ4n) is 3.72. The highest BCUT2D eigenvalue weighted by atomic mass is 19.1. The quantitative estimate of drug-likeness (QED) is 0.563. The Morgan fingerprint density at radius 2 is 1.87 bits per heavy atom. The molecule has 1 fully saturated rings. The lowest BCUT2D eigenvalue weighted by molar-refractivity contribution is 0.191. The molecule has 1 aromatic rings. The third kappa shape index (κ3) is 5.53. The van der Waals surface area contributed by atoms with Crippen LogP contribution in [0.15, 0.2) is 18.2 Å². The van der Waals surface area contributed by atoms with Gasteiger partial charge in [0.1, 0.15) is 17.6 Å². The van der Waals surface area contributed by atoms with Crippen LogP contribution < -0.4 is 4.74 Å². The first-order valence-corrected chi connectivity index (χ1v) is 9.07. The van der Waals surface area contributed by atoms with Crippen LogP contribution in [-0.4, -0.2) is 6.61 Å². The van der Waals surface area contributed by atoms with Gasteiger partial charge < -0.3 is 4.74 Å². The van der Waals surface area contributed by atoms with Crippen molar-refractivity contribution in [3.8, 4) is 11.8 Å². The average molecular weight is 317 g/mol. The Balaban J connectivity index is 1.73. The van der Waals surface area contributed by atoms with E-state index in [-0.39, 0.29) is 5.56 Å². The number of hydrogen-bond acceptors (Lipinski definition) is 2. The first-order chi connectivity index (χ1) is 11.2. The van der Waals surface area contributed by atoms with E-state index in [0.29, 0.717) is 12.4 Å². The summed E-state index contributed by atoms with van der Waals surface area (Å²) in [5.74, 6) is 1.76. The van der Waals surface area contributed by atoms with Crippen LogP contribution in [0, 0.1) is 29.0 Å². The van der Waals surface area contributed by atoms with Crippen LogP contribution >= 0.6 is 0 Å². The minimum absolute atomic E-state index is 0.0679. The lowest BCUT2D eigenvalue weighted by Gasteiger charge is -2.31. The Bertz CT molecular complexity index is 523. The molecule has 2 rings (SSSR count). The summed E-state index contributed by atoms with van der Waals surface area (Å²) in [6.45, 7) is 2.89. The predicted octanol–water partition coefficient (Wildman–Crippen LogP) is 5.85. The summed E-state index contributed by atoms with van der Waals surface area (Å²) < 4.78 is 19.2. The zero-order valence-corrected chi connectivity index (χ0v) is 14.2. The Hall–Kier alpha value is -1.56. The summed E-state index contributed by atoms with van der Waals surface area (Å²) in [5, 5.41) is 8.72. The van der Waals surface area contributed by atoms with E-state index in [0.717, 1.165) is 18.3 Å². The molecule has 1 aliphatic rings. The highest BCUT2D eigenvalue weighted by Gasteiger charge is 2.23. The molecule has 2 atom stereocenters. The fourth-order valence-corrected chi connectivity index (χ4v) is 3.72. The van der Waals surface area contributed by atoms with Gasteiger partial charge in [-0.1, -0.05) is 51.9 Å². The number of nitriles is 1. The normalized spacial score (nSPS) is 20.9. The van der Waals surface area contributed by atoms with Crippen molar-refractivity contribution in [3.05, 3.63) is 29.6 Å². The molecule has 0 aromatic heterocycles. The minimum Gasteiger partial charge on any atom is -0.493 e. The predicted molar refractivity (Wildman–Crippen MR) is 90.8 cm³/mol. The van der Waals surface area contributed by atoms with Crippen molar-refractivity contribution in [2.75, 3.05) is 6.61 Å². The number of halogens is 1. The van der Waals surface area contributed by atoms with Gasteiger partial charge in [-0.15, -0.1) is 0 Å². The maximum atomic E-state index is 13.5. The SMILES string of the molecule is CCCCC1CCCCC1CCCOc1ccc(C#N)c(F)c1. The number of benzene rings is 1. The van der Waals surface area contributed by atoms with Crippen molar-refractivity contribution in [1.29, 1.82) is 5.26 Å². The Morgan fingerprint density at radius 1 is 1.17 bits per heavy atom. The van der Waals surface area contributed by atoms with Gasteiger partial charge in [0.2, 0.25) is 0 Å². The van der Waals surface area contributed by atoms with Gasteiger partial charge in [-0.05, 0) is 36.8 Å². The largest absolute Gasteiger partial charge is 0.493 e. The molecule has 126 valence electrons. The topological polar surface area (TPSA) is 33.0 Å². The van der Waals surface area contributed by atoms with Gasteiger partial charge in [-0.2, -0.15) is 5.26 Å². The van der Waals surface area contributed by atoms with E-state index in [1.165, 1.54) is 63.5 Å². The molecule has 0 aliphatic heterocycles. The molecule has 1 saturated carbocycles. The lowest BCUT2D eigenvalue weighted by atomic mass is 9.75. The molecule has 0 saturated heterocycles. The van der Waals surface area contributed by atoms with Crippen LogP contribution in [0.1, 0.15) is 70.3 Å². The summed E-state index contributed by atoms with van der Waals surface area (Å²) in [6, 6.07) is 6.28. The molecule has 2 nitrogen and oxygen atoms in total. The molecular formula is C20H28FNO. The third-order valence-corrected chi connectivity index (χ3v) is 5.04.